The standard InChI is InChI=1S/C6H15NO6.H2O/c1-5(11-2-8)6(7,12-3-9)13-4-10;/h5,8-10H,2-4,7H2,1H3;1H2. The first kappa shape index (κ1) is 16.1. The van der Waals surface area contributed by atoms with Crippen LogP contribution in [0.25, 0.3) is 0 Å². The summed E-state index contributed by atoms with van der Waals surface area (Å²) in [5.41, 5.74) is 5.45. The zero-order chi connectivity index (χ0) is 10.3. The topological polar surface area (TPSA) is 146 Å². The van der Waals surface area contributed by atoms with Gasteiger partial charge in [0.2, 0.25) is 0 Å². The molecule has 0 aliphatic heterocycles. The summed E-state index contributed by atoms with van der Waals surface area (Å²) in [5, 5.41) is 25.3. The molecule has 7 N–H and O–H groups in total. The van der Waals surface area contributed by atoms with E-state index >= 15 is 0 Å². The number of ether oxygens (including phenoxy) is 3. The molecule has 0 bridgehead atoms. The fraction of sp³-hybridized carbons (Fsp3) is 1.00. The van der Waals surface area contributed by atoms with Crippen LogP contribution in [0, 0.1) is 0 Å². The first-order valence-electron chi connectivity index (χ1n) is 3.61. The summed E-state index contributed by atoms with van der Waals surface area (Å²) in [6.07, 6.45) is -0.836. The third-order valence-electron chi connectivity index (χ3n) is 1.47. The van der Waals surface area contributed by atoms with Crippen LogP contribution in [0.1, 0.15) is 6.92 Å². The van der Waals surface area contributed by atoms with Crippen LogP contribution in [0.3, 0.4) is 0 Å². The predicted octanol–water partition coefficient (Wildman–Crippen LogP) is -2.94. The molecule has 88 valence electrons. The van der Waals surface area contributed by atoms with Crippen LogP contribution >= 0.6 is 0 Å². The van der Waals surface area contributed by atoms with Crippen molar-refractivity contribution in [2.24, 2.45) is 5.73 Å². The smallest absolute Gasteiger partial charge is 0.256 e. The summed E-state index contributed by atoms with van der Waals surface area (Å²) in [4.78, 5) is 0. The van der Waals surface area contributed by atoms with Crippen molar-refractivity contribution in [1.82, 2.24) is 0 Å². The number of hydrogen-bond donors (Lipinski definition) is 4. The van der Waals surface area contributed by atoms with Gasteiger partial charge >= 0.3 is 0 Å². The van der Waals surface area contributed by atoms with E-state index in [1.165, 1.54) is 6.92 Å². The van der Waals surface area contributed by atoms with Crippen LogP contribution in [0.2, 0.25) is 0 Å². The summed E-state index contributed by atoms with van der Waals surface area (Å²) in [7, 11) is 0. The molecule has 0 rings (SSSR count). The number of rotatable bonds is 7. The number of nitrogens with two attached hydrogens (primary N) is 1. The highest BCUT2D eigenvalue weighted by molar-refractivity contribution is 4.68. The van der Waals surface area contributed by atoms with Gasteiger partial charge in [-0.25, -0.2) is 0 Å². The molecular formula is C6H17NO7. The van der Waals surface area contributed by atoms with Crippen molar-refractivity contribution < 1.29 is 35.0 Å². The zero-order valence-corrected chi connectivity index (χ0v) is 7.84. The monoisotopic (exact) mass is 215 g/mol. The minimum Gasteiger partial charge on any atom is -0.412 e. The Hall–Kier alpha value is -0.320. The highest BCUT2D eigenvalue weighted by Crippen LogP contribution is 2.13. The van der Waals surface area contributed by atoms with Crippen molar-refractivity contribution in [3.05, 3.63) is 0 Å². The Balaban J connectivity index is 0. The van der Waals surface area contributed by atoms with E-state index in [9.17, 15) is 0 Å². The molecule has 0 aliphatic carbocycles. The maximum Gasteiger partial charge on any atom is 0.256 e. The number of aliphatic hydroxyl groups is 3. The van der Waals surface area contributed by atoms with Gasteiger partial charge in [-0.05, 0) is 6.92 Å². The number of aliphatic hydroxyl groups excluding tert-OH is 3. The highest BCUT2D eigenvalue weighted by Gasteiger charge is 2.35. The fourth-order valence-corrected chi connectivity index (χ4v) is 0.706. The molecule has 0 aromatic heterocycles. The molecule has 1 atom stereocenters. The molecule has 8 nitrogen and oxygen atoms in total. The molecule has 0 aromatic carbocycles. The van der Waals surface area contributed by atoms with E-state index in [0.717, 1.165) is 0 Å². The third-order valence-corrected chi connectivity index (χ3v) is 1.47. The highest BCUT2D eigenvalue weighted by atomic mass is 16.8. The Morgan fingerprint density at radius 3 is 1.86 bits per heavy atom. The molecule has 0 radical (unpaired) electrons. The lowest BCUT2D eigenvalue weighted by molar-refractivity contribution is -0.328. The van der Waals surface area contributed by atoms with Crippen LogP contribution in [0.4, 0.5) is 0 Å². The Labute approximate surface area is 81.1 Å². The van der Waals surface area contributed by atoms with Crippen molar-refractivity contribution >= 4 is 0 Å². The van der Waals surface area contributed by atoms with Crippen molar-refractivity contribution in [2.75, 3.05) is 20.4 Å². The van der Waals surface area contributed by atoms with Crippen molar-refractivity contribution in [3.63, 3.8) is 0 Å². The minimum absolute atomic E-state index is 0. The van der Waals surface area contributed by atoms with E-state index in [1.807, 2.05) is 0 Å². The maximum absolute atomic E-state index is 8.46. The second-order valence-electron chi connectivity index (χ2n) is 2.21. The lowest BCUT2D eigenvalue weighted by Crippen LogP contribution is -2.55. The lowest BCUT2D eigenvalue weighted by Gasteiger charge is -2.32. The quantitative estimate of drug-likeness (QED) is 0.332. The number of hydrogen-bond acceptors (Lipinski definition) is 7. The molecule has 0 spiro atoms. The Bertz CT molecular complexity index is 127. The largest absolute Gasteiger partial charge is 0.412 e. The second-order valence-corrected chi connectivity index (χ2v) is 2.21. The molecule has 0 aromatic rings. The molecule has 0 heterocycles. The van der Waals surface area contributed by atoms with Gasteiger partial charge in [0, 0.05) is 0 Å². The van der Waals surface area contributed by atoms with Gasteiger partial charge in [-0.2, -0.15) is 0 Å². The molecule has 0 saturated carbocycles. The average Bonchev–Trinajstić information content (AvgIpc) is 2.05. The van der Waals surface area contributed by atoms with Crippen molar-refractivity contribution in [3.8, 4) is 0 Å². The van der Waals surface area contributed by atoms with E-state index in [1.54, 1.807) is 0 Å². The second kappa shape index (κ2) is 8.03. The SMILES string of the molecule is CC(OCO)C(N)(OCO)OCO.O. The first-order chi connectivity index (χ1) is 6.10. The van der Waals surface area contributed by atoms with E-state index in [0.29, 0.717) is 0 Å². The molecule has 0 amide bonds. The lowest BCUT2D eigenvalue weighted by atomic mass is 10.3. The van der Waals surface area contributed by atoms with E-state index in [4.69, 9.17) is 21.1 Å². The van der Waals surface area contributed by atoms with Gasteiger partial charge in [0.05, 0.1) is 0 Å². The molecule has 0 fully saturated rings. The van der Waals surface area contributed by atoms with Gasteiger partial charge in [0.1, 0.15) is 26.5 Å². The van der Waals surface area contributed by atoms with Gasteiger partial charge in [0.15, 0.2) is 0 Å². The van der Waals surface area contributed by atoms with E-state index < -0.39 is 32.4 Å². The van der Waals surface area contributed by atoms with Gasteiger partial charge in [-0.15, -0.1) is 0 Å². The third kappa shape index (κ3) is 4.79. The van der Waals surface area contributed by atoms with Gasteiger partial charge in [-0.1, -0.05) is 0 Å². The van der Waals surface area contributed by atoms with Crippen LogP contribution in [0.15, 0.2) is 0 Å². The van der Waals surface area contributed by atoms with Crippen LogP contribution in [-0.2, 0) is 14.2 Å². The first-order valence-corrected chi connectivity index (χ1v) is 3.61. The minimum atomic E-state index is -1.77. The van der Waals surface area contributed by atoms with Crippen LogP contribution in [0.5, 0.6) is 0 Å². The molecule has 14 heavy (non-hydrogen) atoms. The molecule has 1 unspecified atom stereocenters. The molecule has 0 saturated heterocycles. The Kier molecular flexibility index (Phi) is 9.24. The average molecular weight is 215 g/mol. The van der Waals surface area contributed by atoms with Crippen molar-refractivity contribution in [2.45, 2.75) is 18.9 Å². The summed E-state index contributed by atoms with van der Waals surface area (Å²) in [6, 6.07) is 0. The Morgan fingerprint density at radius 1 is 1.14 bits per heavy atom. The summed E-state index contributed by atoms with van der Waals surface area (Å²) in [6.45, 7) is -0.476. The van der Waals surface area contributed by atoms with E-state index in [-0.39, 0.29) is 5.48 Å². The summed E-state index contributed by atoms with van der Waals surface area (Å²) < 4.78 is 13.9. The normalized spacial score (nSPS) is 13.5. The molecule has 0 aliphatic rings. The summed E-state index contributed by atoms with van der Waals surface area (Å²) in [5.74, 6) is -1.77. The van der Waals surface area contributed by atoms with Crippen LogP contribution < -0.4 is 5.73 Å². The molecular weight excluding hydrogens is 198 g/mol. The predicted molar refractivity (Wildman–Crippen MR) is 44.5 cm³/mol. The van der Waals surface area contributed by atoms with Gasteiger partial charge in [-0.3, -0.25) is 5.73 Å². The summed E-state index contributed by atoms with van der Waals surface area (Å²) >= 11 is 0. The maximum atomic E-state index is 8.46. The van der Waals surface area contributed by atoms with Crippen LogP contribution in [-0.4, -0.2) is 53.2 Å². The van der Waals surface area contributed by atoms with E-state index in [2.05, 4.69) is 14.2 Å². The van der Waals surface area contributed by atoms with Gasteiger partial charge < -0.3 is 35.0 Å². The zero-order valence-electron chi connectivity index (χ0n) is 7.84. The fourth-order valence-electron chi connectivity index (χ4n) is 0.706. The Morgan fingerprint density at radius 2 is 1.57 bits per heavy atom. The van der Waals surface area contributed by atoms with Gasteiger partial charge in [0.25, 0.3) is 5.91 Å². The molecule has 8 heteroatoms. The van der Waals surface area contributed by atoms with Crippen molar-refractivity contribution in [1.29, 1.82) is 0 Å².